The molecular weight excluding hydrogens is 469 g/mol. The number of hydrogen-bond donors (Lipinski definition) is 2. The summed E-state index contributed by atoms with van der Waals surface area (Å²) in [6, 6.07) is 18.8. The van der Waals surface area contributed by atoms with E-state index in [-0.39, 0.29) is 26.6 Å². The number of carbonyl (C=O) groups excluding carboxylic acids is 2. The third kappa shape index (κ3) is 8.76. The average molecular weight is 503 g/mol. The quantitative estimate of drug-likeness (QED) is 0.363. The number of halogens is 3. The zero-order valence-corrected chi connectivity index (χ0v) is 20.3. The Hall–Kier alpha value is -3.81. The van der Waals surface area contributed by atoms with E-state index in [1.165, 1.54) is 36.4 Å². The number of carbonyl (C=O) groups is 2. The maximum atomic E-state index is 13.5. The van der Waals surface area contributed by atoms with Crippen LogP contribution in [-0.2, 0) is 22.6 Å². The van der Waals surface area contributed by atoms with Gasteiger partial charge >= 0.3 is 0 Å². The van der Waals surface area contributed by atoms with Crippen LogP contribution in [0.4, 0.5) is 13.2 Å². The van der Waals surface area contributed by atoms with Crippen LogP contribution in [0.15, 0.2) is 78.9 Å². The predicted molar refractivity (Wildman–Crippen MR) is 135 cm³/mol. The molecule has 0 aliphatic heterocycles. The summed E-state index contributed by atoms with van der Waals surface area (Å²) < 4.78 is 40.1. The fourth-order valence-corrected chi connectivity index (χ4v) is 3.55. The molecule has 36 heavy (non-hydrogen) atoms. The highest BCUT2D eigenvalue weighted by Crippen LogP contribution is 2.24. The second-order valence-electron chi connectivity index (χ2n) is 7.76. The monoisotopic (exact) mass is 502 g/mol. The molecule has 1 unspecified atom stereocenters. The fraction of sp³-hybridized carbons (Fsp3) is 0.286. The van der Waals surface area contributed by atoms with Crippen molar-refractivity contribution >= 4 is 11.8 Å². The normalized spacial score (nSPS) is 11.3. The van der Waals surface area contributed by atoms with Gasteiger partial charge in [-0.15, -0.1) is 0 Å². The first-order valence-corrected chi connectivity index (χ1v) is 11.8. The number of benzene rings is 3. The maximum Gasteiger partial charge on any atom is 0.255 e. The van der Waals surface area contributed by atoms with Crippen molar-refractivity contribution in [2.75, 3.05) is 6.54 Å². The molecule has 194 valence electrons. The predicted octanol–water partition coefficient (Wildman–Crippen LogP) is 5.89. The molecule has 0 heterocycles. The van der Waals surface area contributed by atoms with Crippen LogP contribution in [-0.4, -0.2) is 34.8 Å². The maximum absolute atomic E-state index is 13.5. The van der Waals surface area contributed by atoms with Gasteiger partial charge in [-0.1, -0.05) is 68.4 Å². The molecule has 0 saturated carbocycles. The van der Waals surface area contributed by atoms with Crippen LogP contribution in [0.1, 0.15) is 44.4 Å². The number of hydrogen-bond acceptors (Lipinski definition) is 3. The second kappa shape index (κ2) is 14.6. The number of rotatable bonds is 10. The molecule has 3 rings (SSSR count). The minimum Gasteiger partial charge on any atom is -0.508 e. The number of nitrogens with zero attached hydrogens (tertiary/aromatic N) is 1. The van der Waals surface area contributed by atoms with Gasteiger partial charge in [0.05, 0.1) is 6.54 Å². The van der Waals surface area contributed by atoms with Crippen LogP contribution in [0.5, 0.6) is 5.75 Å². The highest BCUT2D eigenvalue weighted by Gasteiger charge is 2.32. The second-order valence-corrected chi connectivity index (χ2v) is 7.76. The molecule has 0 aromatic heterocycles. The first-order valence-electron chi connectivity index (χ1n) is 11.8. The lowest BCUT2D eigenvalue weighted by atomic mass is 10.0. The standard InChI is InChI=1S/C26H25F3N2O3.C2H6.H2/c27-21-11-6-19(7-12-21)16-30-26(34)25(20-4-2-1-3-5-20)31(17-23(28)29)24(33)15-10-18-8-13-22(32)14-9-18;1-2;/h1-9,11-14,23,25,32H,10,15-17H2,(H,30,34);1-2H3;1H. The van der Waals surface area contributed by atoms with E-state index in [4.69, 9.17) is 0 Å². The van der Waals surface area contributed by atoms with Crippen LogP contribution in [0.2, 0.25) is 0 Å². The molecular formula is C28H33F3N2O3. The van der Waals surface area contributed by atoms with Gasteiger partial charge in [0.15, 0.2) is 0 Å². The Labute approximate surface area is 211 Å². The Morgan fingerprint density at radius 3 is 2.08 bits per heavy atom. The number of alkyl halides is 2. The number of phenols is 1. The van der Waals surface area contributed by atoms with Gasteiger partial charge in [0, 0.05) is 14.4 Å². The summed E-state index contributed by atoms with van der Waals surface area (Å²) in [6.07, 6.45) is -2.67. The van der Waals surface area contributed by atoms with Crippen molar-refractivity contribution < 1.29 is 29.3 Å². The first-order chi connectivity index (χ1) is 17.3. The van der Waals surface area contributed by atoms with Gasteiger partial charge in [-0.05, 0) is 47.4 Å². The minimum atomic E-state index is -2.84. The molecule has 2 amide bonds. The van der Waals surface area contributed by atoms with Crippen molar-refractivity contribution in [3.63, 3.8) is 0 Å². The minimum absolute atomic E-state index is 0. The molecule has 2 N–H and O–H groups in total. The average Bonchev–Trinajstić information content (AvgIpc) is 2.89. The van der Waals surface area contributed by atoms with Gasteiger partial charge in [0.1, 0.15) is 17.6 Å². The van der Waals surface area contributed by atoms with Crippen LogP contribution in [0.25, 0.3) is 0 Å². The van der Waals surface area contributed by atoms with Crippen molar-refractivity contribution in [1.82, 2.24) is 10.2 Å². The van der Waals surface area contributed by atoms with Gasteiger partial charge in [-0.3, -0.25) is 9.59 Å². The molecule has 0 fully saturated rings. The van der Waals surface area contributed by atoms with E-state index >= 15 is 0 Å². The van der Waals surface area contributed by atoms with Crippen molar-refractivity contribution in [3.05, 3.63) is 101 Å². The van der Waals surface area contributed by atoms with Crippen molar-refractivity contribution in [2.45, 2.75) is 45.7 Å². The largest absolute Gasteiger partial charge is 0.508 e. The Kier molecular flexibility index (Phi) is 11.5. The van der Waals surface area contributed by atoms with Gasteiger partial charge in [0.2, 0.25) is 11.8 Å². The molecule has 1 atom stereocenters. The van der Waals surface area contributed by atoms with Crippen LogP contribution >= 0.6 is 0 Å². The highest BCUT2D eigenvalue weighted by atomic mass is 19.3. The molecule has 0 bridgehead atoms. The smallest absolute Gasteiger partial charge is 0.255 e. The van der Waals surface area contributed by atoms with E-state index in [0.717, 1.165) is 10.5 Å². The van der Waals surface area contributed by atoms with Gasteiger partial charge in [-0.2, -0.15) is 0 Å². The zero-order chi connectivity index (χ0) is 26.5. The van der Waals surface area contributed by atoms with E-state index in [1.807, 2.05) is 13.8 Å². The number of aryl methyl sites for hydroxylation is 1. The van der Waals surface area contributed by atoms with Crippen molar-refractivity contribution in [1.29, 1.82) is 0 Å². The Balaban J connectivity index is 0.00000223. The fourth-order valence-electron chi connectivity index (χ4n) is 3.55. The number of nitrogens with one attached hydrogen (secondary N) is 1. The van der Waals surface area contributed by atoms with E-state index < -0.39 is 36.6 Å². The third-order valence-electron chi connectivity index (χ3n) is 5.27. The lowest BCUT2D eigenvalue weighted by Crippen LogP contribution is -2.45. The first kappa shape index (κ1) is 28.4. The molecule has 0 aliphatic rings. The molecule has 0 aliphatic carbocycles. The van der Waals surface area contributed by atoms with Gasteiger partial charge < -0.3 is 15.3 Å². The van der Waals surface area contributed by atoms with Gasteiger partial charge in [-0.25, -0.2) is 13.2 Å². The van der Waals surface area contributed by atoms with E-state index in [2.05, 4.69) is 5.32 Å². The summed E-state index contributed by atoms with van der Waals surface area (Å²) in [4.78, 5) is 27.1. The summed E-state index contributed by atoms with van der Waals surface area (Å²) >= 11 is 0. The highest BCUT2D eigenvalue weighted by molar-refractivity contribution is 5.88. The molecule has 3 aromatic rings. The molecule has 5 nitrogen and oxygen atoms in total. The van der Waals surface area contributed by atoms with E-state index in [0.29, 0.717) is 11.1 Å². The molecule has 0 saturated heterocycles. The van der Waals surface area contributed by atoms with Crippen molar-refractivity contribution in [3.8, 4) is 5.75 Å². The number of aromatic hydroxyl groups is 1. The topological polar surface area (TPSA) is 69.6 Å². The molecule has 8 heteroatoms. The lowest BCUT2D eigenvalue weighted by molar-refractivity contribution is -0.143. The Bertz CT molecular complexity index is 1080. The zero-order valence-electron chi connectivity index (χ0n) is 20.3. The SMILES string of the molecule is CC.O=C(NCc1ccc(F)cc1)C(c1ccccc1)N(CC(F)F)C(=O)CCc1ccc(O)cc1.[HH]. The van der Waals surface area contributed by atoms with Gasteiger partial charge in [0.25, 0.3) is 6.43 Å². The van der Waals surface area contributed by atoms with Crippen LogP contribution in [0, 0.1) is 5.82 Å². The third-order valence-corrected chi connectivity index (χ3v) is 5.27. The summed E-state index contributed by atoms with van der Waals surface area (Å²) in [7, 11) is 0. The van der Waals surface area contributed by atoms with E-state index in [9.17, 15) is 27.9 Å². The number of phenolic OH excluding ortho intramolecular Hbond substituents is 1. The van der Waals surface area contributed by atoms with Crippen molar-refractivity contribution in [2.24, 2.45) is 0 Å². The summed E-state index contributed by atoms with van der Waals surface area (Å²) in [5, 5.41) is 12.1. The number of amides is 2. The molecule has 0 radical (unpaired) electrons. The lowest BCUT2D eigenvalue weighted by Gasteiger charge is -2.31. The molecule has 3 aromatic carbocycles. The van der Waals surface area contributed by atoms with Crippen LogP contribution in [0.3, 0.4) is 0 Å². The summed E-state index contributed by atoms with van der Waals surface area (Å²) in [5.41, 5.74) is 1.78. The summed E-state index contributed by atoms with van der Waals surface area (Å²) in [5.74, 6) is -1.55. The Morgan fingerprint density at radius 1 is 0.917 bits per heavy atom. The molecule has 0 spiro atoms. The van der Waals surface area contributed by atoms with Crippen LogP contribution < -0.4 is 5.32 Å². The Morgan fingerprint density at radius 2 is 1.50 bits per heavy atom. The summed E-state index contributed by atoms with van der Waals surface area (Å²) in [6.45, 7) is 3.14. The van der Waals surface area contributed by atoms with E-state index in [1.54, 1.807) is 42.5 Å².